The molecule has 2 heterocycles. The Kier molecular flexibility index (Phi) is 8.67. The van der Waals surface area contributed by atoms with Crippen LogP contribution in [0.3, 0.4) is 0 Å². The maximum atomic E-state index is 13.1. The summed E-state index contributed by atoms with van der Waals surface area (Å²) in [5, 5.41) is 0.825. The predicted molar refractivity (Wildman–Crippen MR) is 138 cm³/mol. The molecule has 1 fully saturated rings. The molecule has 1 saturated heterocycles. The van der Waals surface area contributed by atoms with E-state index < -0.39 is 15.7 Å². The number of ether oxygens (including phenoxy) is 1. The maximum absolute atomic E-state index is 13.1. The number of hydrogen-bond donors (Lipinski definition) is 2. The van der Waals surface area contributed by atoms with E-state index >= 15 is 0 Å². The highest BCUT2D eigenvalue weighted by Gasteiger charge is 2.33. The maximum Gasteiger partial charge on any atom is 0.249 e. The van der Waals surface area contributed by atoms with Crippen molar-refractivity contribution in [3.8, 4) is 5.75 Å². The molecule has 2 atom stereocenters. The molecule has 1 aliphatic heterocycles. The first kappa shape index (κ1) is 25.8. The number of H-pyrrole nitrogens is 1. The summed E-state index contributed by atoms with van der Waals surface area (Å²) in [5.41, 5.74) is 1.62. The van der Waals surface area contributed by atoms with Gasteiger partial charge in [-0.25, -0.2) is 8.93 Å². The Morgan fingerprint density at radius 1 is 1.27 bits per heavy atom. The average molecular weight is 513 g/mol. The summed E-state index contributed by atoms with van der Waals surface area (Å²) in [4.78, 5) is 16.6. The molecule has 180 valence electrons. The fourth-order valence-electron chi connectivity index (χ4n) is 3.89. The van der Waals surface area contributed by atoms with Crippen LogP contribution in [0.15, 0.2) is 47.9 Å². The van der Waals surface area contributed by atoms with Gasteiger partial charge in [0, 0.05) is 42.7 Å². The van der Waals surface area contributed by atoms with Gasteiger partial charge >= 0.3 is 0 Å². The van der Waals surface area contributed by atoms with E-state index in [4.69, 9.17) is 27.9 Å². The number of benzene rings is 1. The third-order valence-corrected chi connectivity index (χ3v) is 7.97. The van der Waals surface area contributed by atoms with Crippen LogP contribution in [0.4, 0.5) is 5.69 Å². The molecule has 1 aromatic carbocycles. The molecule has 2 N–H and O–H groups in total. The topological polar surface area (TPSA) is 74.4 Å². The standard InChI is InChI=1S/C24H31Cl2N3O3S/c1-5-12-32-21-15-20(26)19(25)14-18(21)23(28-33(31)24(2,3)4)16-7-10-29(11-8-16)17-6-9-27-22(30)13-17/h5-6,9,13-16,23,28H,1,7-8,10-12H2,2-4H3,(H,27,30)/t23-,33?/m1/s1. The molecule has 1 aromatic heterocycles. The lowest BCUT2D eigenvalue weighted by Crippen LogP contribution is -2.43. The average Bonchev–Trinajstić information content (AvgIpc) is 2.77. The highest BCUT2D eigenvalue weighted by atomic mass is 35.5. The van der Waals surface area contributed by atoms with E-state index in [0.29, 0.717) is 22.4 Å². The van der Waals surface area contributed by atoms with Gasteiger partial charge in [-0.2, -0.15) is 0 Å². The van der Waals surface area contributed by atoms with Gasteiger partial charge in [0.1, 0.15) is 12.4 Å². The second-order valence-corrected chi connectivity index (χ2v) is 11.9. The van der Waals surface area contributed by atoms with Crippen LogP contribution in [-0.4, -0.2) is 33.6 Å². The molecule has 6 nitrogen and oxygen atoms in total. The molecule has 0 aliphatic carbocycles. The van der Waals surface area contributed by atoms with Crippen LogP contribution in [0.25, 0.3) is 0 Å². The summed E-state index contributed by atoms with van der Waals surface area (Å²) < 4.78 is 22.0. The van der Waals surface area contributed by atoms with Gasteiger partial charge in [0.25, 0.3) is 0 Å². The number of nitrogens with zero attached hydrogens (tertiary/aromatic N) is 1. The fraction of sp³-hybridized carbons (Fsp3) is 0.458. The van der Waals surface area contributed by atoms with Crippen molar-refractivity contribution < 1.29 is 8.95 Å². The van der Waals surface area contributed by atoms with Crippen molar-refractivity contribution in [2.75, 3.05) is 24.6 Å². The van der Waals surface area contributed by atoms with Crippen LogP contribution in [0.2, 0.25) is 10.0 Å². The first-order chi connectivity index (χ1) is 15.6. The molecule has 2 aromatic rings. The Morgan fingerprint density at radius 3 is 2.55 bits per heavy atom. The molecule has 0 amide bonds. The lowest BCUT2D eigenvalue weighted by molar-refractivity contribution is 0.309. The number of halogens is 2. The monoisotopic (exact) mass is 511 g/mol. The molecule has 0 radical (unpaired) electrons. The minimum atomic E-state index is -1.30. The summed E-state index contributed by atoms with van der Waals surface area (Å²) >= 11 is 12.7. The van der Waals surface area contributed by atoms with Gasteiger partial charge in [-0.1, -0.05) is 35.9 Å². The molecule has 1 unspecified atom stereocenters. The van der Waals surface area contributed by atoms with Gasteiger partial charge in [0.2, 0.25) is 5.56 Å². The number of rotatable bonds is 8. The van der Waals surface area contributed by atoms with Crippen molar-refractivity contribution in [3.63, 3.8) is 0 Å². The molecular weight excluding hydrogens is 481 g/mol. The number of nitrogens with one attached hydrogen (secondary N) is 2. The Balaban J connectivity index is 1.91. The van der Waals surface area contributed by atoms with Crippen molar-refractivity contribution in [2.45, 2.75) is 44.4 Å². The Hall–Kier alpha value is -1.80. The van der Waals surface area contributed by atoms with E-state index in [0.717, 1.165) is 37.2 Å². The van der Waals surface area contributed by atoms with Gasteiger partial charge in [-0.15, -0.1) is 0 Å². The lowest BCUT2D eigenvalue weighted by Gasteiger charge is -2.38. The minimum Gasteiger partial charge on any atom is -0.489 e. The number of aromatic amines is 1. The zero-order valence-corrected chi connectivity index (χ0v) is 21.5. The normalized spacial score (nSPS) is 16.9. The van der Waals surface area contributed by atoms with Gasteiger partial charge < -0.3 is 14.6 Å². The van der Waals surface area contributed by atoms with Crippen molar-refractivity contribution >= 4 is 39.9 Å². The van der Waals surface area contributed by atoms with Gasteiger partial charge in [0.15, 0.2) is 0 Å². The van der Waals surface area contributed by atoms with E-state index in [2.05, 4.69) is 21.2 Å². The third kappa shape index (κ3) is 6.63. The van der Waals surface area contributed by atoms with Gasteiger partial charge in [-0.05, 0) is 51.7 Å². The van der Waals surface area contributed by atoms with Gasteiger partial charge in [0.05, 0.1) is 31.8 Å². The molecule has 9 heteroatoms. The number of pyridine rings is 1. The highest BCUT2D eigenvalue weighted by molar-refractivity contribution is 7.84. The second kappa shape index (κ2) is 11.1. The van der Waals surface area contributed by atoms with E-state index in [-0.39, 0.29) is 17.5 Å². The summed E-state index contributed by atoms with van der Waals surface area (Å²) in [7, 11) is -1.30. The minimum absolute atomic E-state index is 0.116. The molecule has 0 saturated carbocycles. The van der Waals surface area contributed by atoms with Crippen LogP contribution in [0.1, 0.15) is 45.2 Å². The number of aromatic nitrogens is 1. The molecular formula is C24H31Cl2N3O3S. The third-order valence-electron chi connectivity index (χ3n) is 5.67. The van der Waals surface area contributed by atoms with Crippen molar-refractivity contribution in [1.29, 1.82) is 0 Å². The summed E-state index contributed by atoms with van der Waals surface area (Å²) in [6.45, 7) is 11.4. The summed E-state index contributed by atoms with van der Waals surface area (Å²) in [6.07, 6.45) is 5.02. The Labute approximate surface area is 207 Å². The first-order valence-electron chi connectivity index (χ1n) is 10.9. The molecule has 1 aliphatic rings. The van der Waals surface area contributed by atoms with E-state index in [1.807, 2.05) is 32.9 Å². The first-order valence-corrected chi connectivity index (χ1v) is 12.8. The smallest absolute Gasteiger partial charge is 0.249 e. The van der Waals surface area contributed by atoms with Crippen LogP contribution in [-0.2, 0) is 11.0 Å². The highest BCUT2D eigenvalue weighted by Crippen LogP contribution is 2.40. The van der Waals surface area contributed by atoms with E-state index in [1.165, 1.54) is 0 Å². The van der Waals surface area contributed by atoms with Crippen LogP contribution < -0.4 is 19.9 Å². The SMILES string of the molecule is C=CCOc1cc(Cl)c(Cl)cc1[C@H](NS(=O)C(C)(C)C)C1CCN(c2cc[nH]c(=O)c2)CC1. The lowest BCUT2D eigenvalue weighted by atomic mass is 9.85. The van der Waals surface area contributed by atoms with Crippen LogP contribution in [0.5, 0.6) is 5.75 Å². The zero-order valence-electron chi connectivity index (χ0n) is 19.2. The molecule has 0 bridgehead atoms. The van der Waals surface area contributed by atoms with E-state index in [1.54, 1.807) is 24.4 Å². The van der Waals surface area contributed by atoms with Crippen molar-refractivity contribution in [2.24, 2.45) is 5.92 Å². The van der Waals surface area contributed by atoms with Crippen molar-refractivity contribution in [3.05, 3.63) is 69.1 Å². The Bertz CT molecular complexity index is 1060. The quantitative estimate of drug-likeness (QED) is 0.474. The van der Waals surface area contributed by atoms with Gasteiger partial charge in [-0.3, -0.25) is 4.79 Å². The summed E-state index contributed by atoms with van der Waals surface area (Å²) in [5.74, 6) is 0.780. The Morgan fingerprint density at radius 2 is 1.94 bits per heavy atom. The second-order valence-electron chi connectivity index (χ2n) is 9.12. The number of piperidine rings is 1. The van der Waals surface area contributed by atoms with E-state index in [9.17, 15) is 9.00 Å². The zero-order chi connectivity index (χ0) is 24.2. The van der Waals surface area contributed by atoms with Crippen LogP contribution >= 0.6 is 23.2 Å². The molecule has 3 rings (SSSR count). The van der Waals surface area contributed by atoms with Crippen molar-refractivity contribution in [1.82, 2.24) is 9.71 Å². The number of anilines is 1. The van der Waals surface area contributed by atoms with Crippen LogP contribution in [0, 0.1) is 5.92 Å². The number of hydrogen-bond acceptors (Lipinski definition) is 4. The fourth-order valence-corrected chi connectivity index (χ4v) is 5.12. The summed E-state index contributed by atoms with van der Waals surface area (Å²) in [6, 6.07) is 6.80. The predicted octanol–water partition coefficient (Wildman–Crippen LogP) is 5.26. The molecule has 0 spiro atoms. The largest absolute Gasteiger partial charge is 0.489 e. The molecule has 33 heavy (non-hydrogen) atoms.